The number of aromatic nitrogens is 2. The third kappa shape index (κ3) is 3.64. The van der Waals surface area contributed by atoms with Crippen molar-refractivity contribution in [1.82, 2.24) is 9.55 Å². The molecule has 0 saturated carbocycles. The lowest BCUT2D eigenvalue weighted by Crippen LogP contribution is -2.09. The van der Waals surface area contributed by atoms with Crippen LogP contribution in [0.1, 0.15) is 25.1 Å². The van der Waals surface area contributed by atoms with E-state index in [9.17, 15) is 22.0 Å². The number of benzene rings is 1. The van der Waals surface area contributed by atoms with Crippen molar-refractivity contribution in [2.75, 3.05) is 0 Å². The fourth-order valence-corrected chi connectivity index (χ4v) is 2.35. The van der Waals surface area contributed by atoms with Crippen LogP contribution in [0.4, 0.5) is 22.0 Å². The number of unbranched alkanes of at least 4 members (excludes halogenated alkanes) is 1. The number of aryl methyl sites for hydroxylation is 1. The van der Waals surface area contributed by atoms with Crippen molar-refractivity contribution in [2.24, 2.45) is 0 Å². The number of fused-ring (bicyclic) bond motifs is 1. The van der Waals surface area contributed by atoms with E-state index in [1.54, 1.807) is 0 Å². The average molecular weight is 327 g/mol. The molecule has 1 aromatic carbocycles. The number of hydrogen-bond acceptors (Lipinski definition) is 1. The molecular weight excluding hydrogens is 315 g/mol. The molecular formula is C13H12ClF5N2. The molecule has 1 aromatic heterocycles. The summed E-state index contributed by atoms with van der Waals surface area (Å²) in [5.41, 5.74) is 0.179. The minimum Gasteiger partial charge on any atom is -0.324 e. The van der Waals surface area contributed by atoms with Crippen molar-refractivity contribution in [1.29, 1.82) is 0 Å². The molecule has 0 aliphatic carbocycles. The smallest absolute Gasteiger partial charge is 0.324 e. The lowest BCUT2D eigenvalue weighted by atomic mass is 10.2. The summed E-state index contributed by atoms with van der Waals surface area (Å²) >= 11 is 5.70. The number of imidazole rings is 1. The summed E-state index contributed by atoms with van der Waals surface area (Å²) in [6, 6.07) is 2.27. The Morgan fingerprint density at radius 2 is 1.86 bits per heavy atom. The zero-order valence-electron chi connectivity index (χ0n) is 10.9. The molecule has 2 aromatic rings. The summed E-state index contributed by atoms with van der Waals surface area (Å²) in [7, 11) is 0. The van der Waals surface area contributed by atoms with Gasteiger partial charge >= 0.3 is 6.18 Å². The first-order valence-corrected chi connectivity index (χ1v) is 6.83. The third-order valence-electron chi connectivity index (χ3n) is 3.09. The Morgan fingerprint density at radius 1 is 1.14 bits per heavy atom. The van der Waals surface area contributed by atoms with E-state index in [0.29, 0.717) is 5.82 Å². The number of nitrogens with zero attached hydrogens (tertiary/aromatic N) is 2. The summed E-state index contributed by atoms with van der Waals surface area (Å²) in [5, 5.41) is 0. The molecule has 0 aliphatic rings. The van der Waals surface area contributed by atoms with Gasteiger partial charge in [0.25, 0.3) is 0 Å². The highest BCUT2D eigenvalue weighted by Gasteiger charge is 2.26. The Balaban J connectivity index is 2.23. The minimum absolute atomic E-state index is 0.0327. The fraction of sp³-hybridized carbons (Fsp3) is 0.462. The standard InChI is InChI=1S/C13H12ClF5N2/c14-7-10-20-9-4-3-8(15)11(16)12(9)21(10)6-2-1-5-13(17,18)19/h3-4H,1-2,5-7H2. The summed E-state index contributed by atoms with van der Waals surface area (Å²) in [4.78, 5) is 4.06. The van der Waals surface area contributed by atoms with Gasteiger partial charge in [-0.05, 0) is 25.0 Å². The van der Waals surface area contributed by atoms with Gasteiger partial charge < -0.3 is 4.57 Å². The zero-order valence-corrected chi connectivity index (χ0v) is 11.6. The molecule has 0 N–H and O–H groups in total. The Labute approximate surface area is 122 Å². The van der Waals surface area contributed by atoms with Gasteiger partial charge in [0.05, 0.1) is 11.4 Å². The van der Waals surface area contributed by atoms with Crippen LogP contribution in [0.3, 0.4) is 0 Å². The molecule has 0 radical (unpaired) electrons. The molecule has 116 valence electrons. The molecule has 0 atom stereocenters. The Morgan fingerprint density at radius 3 is 2.48 bits per heavy atom. The predicted octanol–water partition coefficient (Wildman–Crippen LogP) is 4.79. The Hall–Kier alpha value is -1.37. The molecule has 0 saturated heterocycles. The second-order valence-electron chi connectivity index (χ2n) is 4.61. The van der Waals surface area contributed by atoms with E-state index in [4.69, 9.17) is 11.6 Å². The van der Waals surface area contributed by atoms with Crippen LogP contribution < -0.4 is 0 Å². The summed E-state index contributed by atoms with van der Waals surface area (Å²) in [5.74, 6) is -1.81. The maximum Gasteiger partial charge on any atom is 0.389 e. The Bertz CT molecular complexity index is 636. The first-order valence-electron chi connectivity index (χ1n) is 6.29. The van der Waals surface area contributed by atoms with Crippen LogP contribution in [0, 0.1) is 11.6 Å². The molecule has 2 rings (SSSR count). The summed E-state index contributed by atoms with van der Waals surface area (Å²) in [6.07, 6.45) is -5.05. The van der Waals surface area contributed by atoms with Crippen molar-refractivity contribution < 1.29 is 22.0 Å². The number of alkyl halides is 4. The van der Waals surface area contributed by atoms with Crippen LogP contribution in [0.5, 0.6) is 0 Å². The molecule has 0 aliphatic heterocycles. The molecule has 0 bridgehead atoms. The van der Waals surface area contributed by atoms with Gasteiger partial charge in [-0.3, -0.25) is 0 Å². The second-order valence-corrected chi connectivity index (χ2v) is 4.88. The molecule has 0 spiro atoms. The van der Waals surface area contributed by atoms with E-state index in [0.717, 1.165) is 6.07 Å². The number of halogens is 6. The highest BCUT2D eigenvalue weighted by molar-refractivity contribution is 6.16. The van der Waals surface area contributed by atoms with Gasteiger partial charge in [0.2, 0.25) is 0 Å². The second kappa shape index (κ2) is 6.17. The molecule has 0 unspecified atom stereocenters. The van der Waals surface area contributed by atoms with Crippen molar-refractivity contribution >= 4 is 22.6 Å². The number of rotatable bonds is 5. The average Bonchev–Trinajstić information content (AvgIpc) is 2.76. The third-order valence-corrected chi connectivity index (χ3v) is 3.33. The van der Waals surface area contributed by atoms with Crippen LogP contribution in [0.15, 0.2) is 12.1 Å². The Kier molecular flexibility index (Phi) is 4.70. The fourth-order valence-electron chi connectivity index (χ4n) is 2.14. The molecule has 0 fully saturated rings. The predicted molar refractivity (Wildman–Crippen MR) is 69.1 cm³/mol. The lowest BCUT2D eigenvalue weighted by Gasteiger charge is -2.09. The van der Waals surface area contributed by atoms with Crippen LogP contribution in [-0.4, -0.2) is 15.7 Å². The summed E-state index contributed by atoms with van der Waals surface area (Å²) < 4.78 is 64.7. The van der Waals surface area contributed by atoms with E-state index in [-0.39, 0.29) is 36.3 Å². The van der Waals surface area contributed by atoms with Gasteiger partial charge in [0, 0.05) is 13.0 Å². The number of hydrogen-bond donors (Lipinski definition) is 0. The normalized spacial score (nSPS) is 12.3. The molecule has 1 heterocycles. The minimum atomic E-state index is -4.22. The quantitative estimate of drug-likeness (QED) is 0.439. The highest BCUT2D eigenvalue weighted by Crippen LogP contribution is 2.25. The van der Waals surface area contributed by atoms with Gasteiger partial charge in [-0.1, -0.05) is 0 Å². The molecule has 21 heavy (non-hydrogen) atoms. The SMILES string of the molecule is Fc1ccc2nc(CCl)n(CCCCC(F)(F)F)c2c1F. The zero-order chi connectivity index (χ0) is 15.6. The van der Waals surface area contributed by atoms with Crippen LogP contribution in [0.25, 0.3) is 11.0 Å². The van der Waals surface area contributed by atoms with Crippen LogP contribution in [0.2, 0.25) is 0 Å². The first kappa shape index (κ1) is 16.0. The van der Waals surface area contributed by atoms with Gasteiger partial charge in [0.15, 0.2) is 11.6 Å². The topological polar surface area (TPSA) is 17.8 Å². The van der Waals surface area contributed by atoms with E-state index in [2.05, 4.69) is 4.98 Å². The summed E-state index contributed by atoms with van der Waals surface area (Å²) in [6.45, 7) is 0.106. The monoisotopic (exact) mass is 326 g/mol. The molecule has 2 nitrogen and oxygen atoms in total. The maximum absolute atomic E-state index is 13.8. The van der Waals surface area contributed by atoms with E-state index in [1.165, 1.54) is 10.6 Å². The van der Waals surface area contributed by atoms with Gasteiger partial charge in [-0.15, -0.1) is 11.6 Å². The van der Waals surface area contributed by atoms with Crippen molar-refractivity contribution in [3.8, 4) is 0 Å². The van der Waals surface area contributed by atoms with Crippen LogP contribution in [-0.2, 0) is 12.4 Å². The first-order chi connectivity index (χ1) is 9.83. The van der Waals surface area contributed by atoms with Crippen molar-refractivity contribution in [2.45, 2.75) is 37.9 Å². The van der Waals surface area contributed by atoms with Crippen molar-refractivity contribution in [3.05, 3.63) is 29.6 Å². The van der Waals surface area contributed by atoms with E-state index in [1.807, 2.05) is 0 Å². The van der Waals surface area contributed by atoms with E-state index >= 15 is 0 Å². The highest BCUT2D eigenvalue weighted by atomic mass is 35.5. The van der Waals surface area contributed by atoms with Gasteiger partial charge in [-0.2, -0.15) is 13.2 Å². The van der Waals surface area contributed by atoms with Crippen LogP contribution >= 0.6 is 11.6 Å². The van der Waals surface area contributed by atoms with E-state index < -0.39 is 24.2 Å². The van der Waals surface area contributed by atoms with Gasteiger partial charge in [0.1, 0.15) is 11.3 Å². The lowest BCUT2D eigenvalue weighted by molar-refractivity contribution is -0.135. The maximum atomic E-state index is 13.8. The van der Waals surface area contributed by atoms with Gasteiger partial charge in [-0.25, -0.2) is 13.8 Å². The molecule has 0 amide bonds. The molecule has 8 heteroatoms. The van der Waals surface area contributed by atoms with Crippen molar-refractivity contribution in [3.63, 3.8) is 0 Å². The largest absolute Gasteiger partial charge is 0.389 e.